The molecule has 5 aromatic carbocycles. The topological polar surface area (TPSA) is 69.4 Å². The van der Waals surface area contributed by atoms with E-state index in [1.807, 2.05) is 72.8 Å². The van der Waals surface area contributed by atoms with Gasteiger partial charge in [0.2, 0.25) is 0 Å². The number of nitrogens with zero attached hydrogens (tertiary/aromatic N) is 1. The van der Waals surface area contributed by atoms with Gasteiger partial charge < -0.3 is 4.43 Å². The van der Waals surface area contributed by atoms with Gasteiger partial charge in [-0.15, -0.1) is 0 Å². The molecule has 0 fully saturated rings. The minimum absolute atomic E-state index is 0.0144. The second kappa shape index (κ2) is 13.3. The number of non-ortho nitro benzene ring substituents is 1. The van der Waals surface area contributed by atoms with Crippen LogP contribution >= 0.6 is 0 Å². The summed E-state index contributed by atoms with van der Waals surface area (Å²) in [6, 6.07) is 46.5. The molecule has 5 nitrogen and oxygen atoms in total. The van der Waals surface area contributed by atoms with Crippen molar-refractivity contribution in [2.45, 2.75) is 37.6 Å². The van der Waals surface area contributed by atoms with Crippen molar-refractivity contribution in [1.29, 1.82) is 0 Å². The number of rotatable bonds is 11. The van der Waals surface area contributed by atoms with E-state index in [4.69, 9.17) is 4.43 Å². The molecule has 0 aliphatic carbocycles. The number of benzene rings is 5. The standard InChI is InChI=1S/C38H37NO4Si/c1-38(2,3)44(33-20-12-6-13-21-33,34-22-14-7-15-23-34)43-28-35(29-16-8-4-9-17-29)36(37(40)31-18-10-5-11-19-31)30-24-26-32(27-25-30)39(41)42/h4-27,35-36H,28H2,1-3H3/t35-,36+/m1/s1. The van der Waals surface area contributed by atoms with E-state index in [9.17, 15) is 14.9 Å². The number of carbonyl (C=O) groups excluding carboxylic acids is 1. The van der Waals surface area contributed by atoms with Gasteiger partial charge in [-0.3, -0.25) is 14.9 Å². The second-order valence-electron chi connectivity index (χ2n) is 12.0. The first kappa shape index (κ1) is 30.8. The first-order chi connectivity index (χ1) is 21.2. The number of ketones is 1. The molecule has 2 atom stereocenters. The molecule has 0 bridgehead atoms. The molecule has 0 aliphatic rings. The molecule has 0 aromatic heterocycles. The van der Waals surface area contributed by atoms with Gasteiger partial charge in [0.05, 0.1) is 10.8 Å². The van der Waals surface area contributed by atoms with Gasteiger partial charge in [0, 0.05) is 30.2 Å². The Balaban J connectivity index is 1.68. The number of nitro groups is 1. The zero-order chi connectivity index (χ0) is 31.2. The van der Waals surface area contributed by atoms with Gasteiger partial charge >= 0.3 is 0 Å². The van der Waals surface area contributed by atoms with E-state index in [2.05, 4.69) is 69.3 Å². The van der Waals surface area contributed by atoms with Crippen LogP contribution in [0.2, 0.25) is 5.04 Å². The molecule has 0 spiro atoms. The molecule has 0 amide bonds. The lowest BCUT2D eigenvalue weighted by Crippen LogP contribution is -2.67. The van der Waals surface area contributed by atoms with Gasteiger partial charge in [-0.2, -0.15) is 0 Å². The van der Waals surface area contributed by atoms with E-state index in [1.165, 1.54) is 12.1 Å². The number of nitro benzene ring substituents is 1. The van der Waals surface area contributed by atoms with Crippen LogP contribution in [0.4, 0.5) is 5.69 Å². The minimum Gasteiger partial charge on any atom is -0.407 e. The van der Waals surface area contributed by atoms with Gasteiger partial charge in [-0.1, -0.05) is 154 Å². The maximum atomic E-state index is 14.5. The summed E-state index contributed by atoms with van der Waals surface area (Å²) in [5, 5.41) is 13.6. The fraction of sp³-hybridized carbons (Fsp3) is 0.184. The van der Waals surface area contributed by atoms with E-state index in [0.717, 1.165) is 15.9 Å². The lowest BCUT2D eigenvalue weighted by molar-refractivity contribution is -0.384. The first-order valence-electron chi connectivity index (χ1n) is 14.9. The van der Waals surface area contributed by atoms with Gasteiger partial charge in [0.15, 0.2) is 5.78 Å². The number of carbonyl (C=O) groups is 1. The molecule has 0 unspecified atom stereocenters. The maximum absolute atomic E-state index is 14.5. The highest BCUT2D eigenvalue weighted by atomic mass is 28.4. The summed E-state index contributed by atoms with van der Waals surface area (Å²) in [5.41, 5.74) is 2.25. The Morgan fingerprint density at radius 3 is 1.59 bits per heavy atom. The van der Waals surface area contributed by atoms with Crippen LogP contribution in [0.3, 0.4) is 0 Å². The molecule has 0 heterocycles. The quantitative estimate of drug-likeness (QED) is 0.0669. The molecule has 222 valence electrons. The van der Waals surface area contributed by atoms with Crippen LogP contribution in [-0.4, -0.2) is 25.6 Å². The van der Waals surface area contributed by atoms with Crippen molar-refractivity contribution in [2.75, 3.05) is 6.61 Å². The van der Waals surface area contributed by atoms with Gasteiger partial charge in [-0.05, 0) is 26.5 Å². The van der Waals surface area contributed by atoms with Crippen LogP contribution in [0.1, 0.15) is 54.1 Å². The minimum atomic E-state index is -2.93. The summed E-state index contributed by atoms with van der Waals surface area (Å²) in [7, 11) is -2.93. The zero-order valence-corrected chi connectivity index (χ0v) is 26.3. The normalized spacial score (nSPS) is 13.2. The predicted octanol–water partition coefficient (Wildman–Crippen LogP) is 7.92. The van der Waals surface area contributed by atoms with Crippen LogP contribution in [-0.2, 0) is 4.43 Å². The Bertz CT molecular complexity index is 1630. The summed E-state index contributed by atoms with van der Waals surface area (Å²) in [5.74, 6) is -1.06. The van der Waals surface area contributed by atoms with Crippen LogP contribution in [0, 0.1) is 10.1 Å². The number of Topliss-reactive ketones (excluding diaryl/α,β-unsaturated/α-hetero) is 1. The Hall–Kier alpha value is -4.65. The van der Waals surface area contributed by atoms with Crippen molar-refractivity contribution in [3.63, 3.8) is 0 Å². The van der Waals surface area contributed by atoms with E-state index >= 15 is 0 Å². The predicted molar refractivity (Wildman–Crippen MR) is 179 cm³/mol. The molecule has 44 heavy (non-hydrogen) atoms. The smallest absolute Gasteiger partial charge is 0.269 e. The molecule has 5 aromatic rings. The first-order valence-corrected chi connectivity index (χ1v) is 16.8. The summed E-state index contributed by atoms with van der Waals surface area (Å²) < 4.78 is 7.41. The van der Waals surface area contributed by atoms with Crippen LogP contribution in [0.15, 0.2) is 146 Å². The Morgan fingerprint density at radius 1 is 0.682 bits per heavy atom. The van der Waals surface area contributed by atoms with Gasteiger partial charge in [-0.25, -0.2) is 0 Å². The molecule has 0 radical (unpaired) electrons. The lowest BCUT2D eigenvalue weighted by Gasteiger charge is -2.44. The molecular formula is C38H37NO4Si. The fourth-order valence-corrected chi connectivity index (χ4v) is 10.8. The highest BCUT2D eigenvalue weighted by Gasteiger charge is 2.51. The van der Waals surface area contributed by atoms with Crippen molar-refractivity contribution in [1.82, 2.24) is 0 Å². The van der Waals surface area contributed by atoms with Gasteiger partial charge in [0.1, 0.15) is 0 Å². The van der Waals surface area contributed by atoms with E-state index in [0.29, 0.717) is 11.1 Å². The number of hydrogen-bond donors (Lipinski definition) is 0. The SMILES string of the molecule is CC(C)(C)[Si](OC[C@H](c1ccccc1)[C@@H](C(=O)c1ccccc1)c1ccc([N+](=O)[O-])cc1)(c1ccccc1)c1ccccc1. The lowest BCUT2D eigenvalue weighted by atomic mass is 9.77. The fourth-order valence-electron chi connectivity index (χ4n) is 6.21. The van der Waals surface area contributed by atoms with Crippen molar-refractivity contribution in [3.8, 4) is 0 Å². The summed E-state index contributed by atoms with van der Waals surface area (Å²) in [6.45, 7) is 6.98. The van der Waals surface area contributed by atoms with Crippen LogP contribution in [0.5, 0.6) is 0 Å². The third-order valence-corrected chi connectivity index (χ3v) is 13.3. The highest BCUT2D eigenvalue weighted by molar-refractivity contribution is 6.99. The Morgan fingerprint density at radius 2 is 1.14 bits per heavy atom. The molecule has 0 aliphatic heterocycles. The monoisotopic (exact) mass is 599 g/mol. The van der Waals surface area contributed by atoms with E-state index in [-0.39, 0.29) is 29.0 Å². The average Bonchev–Trinajstić information content (AvgIpc) is 3.05. The second-order valence-corrected chi connectivity index (χ2v) is 16.4. The van der Waals surface area contributed by atoms with Crippen molar-refractivity contribution < 1.29 is 14.1 Å². The van der Waals surface area contributed by atoms with E-state index in [1.54, 1.807) is 12.1 Å². The number of hydrogen-bond acceptors (Lipinski definition) is 4. The van der Waals surface area contributed by atoms with Crippen LogP contribution in [0.25, 0.3) is 0 Å². The summed E-state index contributed by atoms with van der Waals surface area (Å²) in [4.78, 5) is 25.5. The van der Waals surface area contributed by atoms with Crippen LogP contribution < -0.4 is 10.4 Å². The van der Waals surface area contributed by atoms with E-state index < -0.39 is 19.2 Å². The molecule has 6 heteroatoms. The summed E-state index contributed by atoms with van der Waals surface area (Å²) >= 11 is 0. The largest absolute Gasteiger partial charge is 0.407 e. The molecule has 0 N–H and O–H groups in total. The molecular weight excluding hydrogens is 563 g/mol. The third kappa shape index (κ3) is 6.32. The van der Waals surface area contributed by atoms with Crippen molar-refractivity contribution >= 4 is 30.2 Å². The Kier molecular flexibility index (Phi) is 9.33. The van der Waals surface area contributed by atoms with Crippen molar-refractivity contribution in [2.24, 2.45) is 0 Å². The van der Waals surface area contributed by atoms with Crippen molar-refractivity contribution in [3.05, 3.63) is 172 Å². The Labute approximate surface area is 260 Å². The summed E-state index contributed by atoms with van der Waals surface area (Å²) in [6.07, 6.45) is 0. The zero-order valence-electron chi connectivity index (χ0n) is 25.3. The average molecular weight is 600 g/mol. The highest BCUT2D eigenvalue weighted by Crippen LogP contribution is 2.41. The maximum Gasteiger partial charge on any atom is 0.269 e. The molecule has 5 rings (SSSR count). The molecule has 0 saturated heterocycles. The van der Waals surface area contributed by atoms with Gasteiger partial charge in [0.25, 0.3) is 14.0 Å². The third-order valence-electron chi connectivity index (χ3n) is 8.33. The molecule has 0 saturated carbocycles.